The summed E-state index contributed by atoms with van der Waals surface area (Å²) in [5.74, 6) is 0.845. The van der Waals surface area contributed by atoms with Crippen LogP contribution in [0.2, 0.25) is 0 Å². The Morgan fingerprint density at radius 1 is 1.29 bits per heavy atom. The molecule has 0 radical (unpaired) electrons. The van der Waals surface area contributed by atoms with Crippen LogP contribution in [0, 0.1) is 17.2 Å². The predicted octanol–water partition coefficient (Wildman–Crippen LogP) is 5.23. The maximum absolute atomic E-state index is 11.5. The first-order valence-electron chi connectivity index (χ1n) is 10.2. The number of nitrogens with zero attached hydrogens (tertiary/aromatic N) is 3. The van der Waals surface area contributed by atoms with E-state index in [1.165, 1.54) is 0 Å². The first-order chi connectivity index (χ1) is 15.0. The van der Waals surface area contributed by atoms with Crippen molar-refractivity contribution in [2.75, 3.05) is 7.11 Å². The number of methoxy groups -OCH3 is 1. The third-order valence-corrected chi connectivity index (χ3v) is 4.87. The Hall–Kier alpha value is -3.72. The van der Waals surface area contributed by atoms with Crippen molar-refractivity contribution in [3.05, 3.63) is 72.2 Å². The van der Waals surface area contributed by atoms with Gasteiger partial charge in [-0.1, -0.05) is 26.0 Å². The van der Waals surface area contributed by atoms with Gasteiger partial charge in [-0.2, -0.15) is 10.4 Å². The van der Waals surface area contributed by atoms with E-state index >= 15 is 0 Å². The molecule has 6 heteroatoms. The van der Waals surface area contributed by atoms with Gasteiger partial charge in [-0.25, -0.2) is 0 Å². The SMILES string of the molecule is C=Cc1cc(-c2ccncc2)n[nH]1.CCCC(Cc1ccc(OC)c(C#N)c1)C(C)=O. The maximum atomic E-state index is 11.5. The number of rotatable bonds is 8. The zero-order valence-electron chi connectivity index (χ0n) is 18.3. The number of benzene rings is 1. The number of Topliss-reactive ketones (excluding diaryl/α,β-unsaturated/α-hetero) is 1. The first kappa shape index (κ1) is 23.6. The molecule has 0 bridgehead atoms. The van der Waals surface area contributed by atoms with Crippen molar-refractivity contribution in [1.82, 2.24) is 15.2 Å². The molecular formula is C25H28N4O2. The summed E-state index contributed by atoms with van der Waals surface area (Å²) in [4.78, 5) is 15.5. The predicted molar refractivity (Wildman–Crippen MR) is 122 cm³/mol. The number of carbonyl (C=O) groups excluding carboxylic acids is 1. The normalized spacial score (nSPS) is 10.9. The lowest BCUT2D eigenvalue weighted by atomic mass is 9.91. The van der Waals surface area contributed by atoms with Crippen molar-refractivity contribution in [2.45, 2.75) is 33.1 Å². The average Bonchev–Trinajstić information content (AvgIpc) is 3.29. The molecule has 2 aromatic heterocycles. The zero-order chi connectivity index (χ0) is 22.6. The lowest BCUT2D eigenvalue weighted by Crippen LogP contribution is -2.13. The second-order valence-electron chi connectivity index (χ2n) is 7.10. The Kier molecular flexibility index (Phi) is 9.18. The number of pyridine rings is 1. The fourth-order valence-electron chi connectivity index (χ4n) is 3.16. The Labute approximate surface area is 183 Å². The van der Waals surface area contributed by atoms with Gasteiger partial charge in [0, 0.05) is 23.9 Å². The van der Waals surface area contributed by atoms with Gasteiger partial charge in [-0.3, -0.25) is 14.9 Å². The van der Waals surface area contributed by atoms with E-state index in [2.05, 4.69) is 34.8 Å². The van der Waals surface area contributed by atoms with E-state index in [0.717, 1.165) is 35.4 Å². The van der Waals surface area contributed by atoms with Crippen LogP contribution in [0.3, 0.4) is 0 Å². The molecule has 2 heterocycles. The van der Waals surface area contributed by atoms with E-state index in [1.54, 1.807) is 38.6 Å². The van der Waals surface area contributed by atoms with Crippen molar-refractivity contribution in [3.8, 4) is 23.1 Å². The molecular weight excluding hydrogens is 388 g/mol. The molecule has 1 N–H and O–H groups in total. The van der Waals surface area contributed by atoms with Crippen LogP contribution in [-0.2, 0) is 11.2 Å². The number of H-pyrrole nitrogens is 1. The highest BCUT2D eigenvalue weighted by molar-refractivity contribution is 5.78. The first-order valence-corrected chi connectivity index (χ1v) is 10.2. The van der Waals surface area contributed by atoms with Crippen LogP contribution in [0.4, 0.5) is 0 Å². The molecule has 31 heavy (non-hydrogen) atoms. The summed E-state index contributed by atoms with van der Waals surface area (Å²) < 4.78 is 5.10. The Morgan fingerprint density at radius 3 is 2.58 bits per heavy atom. The molecule has 1 atom stereocenters. The highest BCUT2D eigenvalue weighted by atomic mass is 16.5. The molecule has 6 nitrogen and oxygen atoms in total. The number of nitrogens with one attached hydrogen (secondary N) is 1. The number of aromatic nitrogens is 3. The lowest BCUT2D eigenvalue weighted by molar-refractivity contribution is -0.120. The zero-order valence-corrected chi connectivity index (χ0v) is 18.3. The molecule has 0 amide bonds. The fraction of sp³-hybridized carbons (Fsp3) is 0.280. The molecule has 1 aromatic carbocycles. The highest BCUT2D eigenvalue weighted by Gasteiger charge is 2.15. The number of ether oxygens (including phenoxy) is 1. The molecule has 0 saturated heterocycles. The molecule has 1 unspecified atom stereocenters. The number of hydrogen-bond acceptors (Lipinski definition) is 5. The molecule has 0 fully saturated rings. The average molecular weight is 417 g/mol. The number of ketones is 1. The van der Waals surface area contributed by atoms with E-state index in [1.807, 2.05) is 30.3 Å². The molecule has 3 aromatic rings. The Bertz CT molecular complexity index is 1040. The minimum atomic E-state index is 0.0509. The van der Waals surface area contributed by atoms with Crippen LogP contribution < -0.4 is 4.74 Å². The largest absolute Gasteiger partial charge is 0.495 e. The summed E-state index contributed by atoms with van der Waals surface area (Å²) >= 11 is 0. The second kappa shape index (κ2) is 12.1. The van der Waals surface area contributed by atoms with Crippen molar-refractivity contribution >= 4 is 11.9 Å². The van der Waals surface area contributed by atoms with Gasteiger partial charge in [-0.15, -0.1) is 0 Å². The van der Waals surface area contributed by atoms with Gasteiger partial charge in [0.15, 0.2) is 0 Å². The third-order valence-electron chi connectivity index (χ3n) is 4.87. The molecule has 0 spiro atoms. The van der Waals surface area contributed by atoms with Crippen LogP contribution >= 0.6 is 0 Å². The minimum absolute atomic E-state index is 0.0509. The van der Waals surface area contributed by atoms with Crippen LogP contribution in [0.15, 0.2) is 55.4 Å². The van der Waals surface area contributed by atoms with E-state index in [0.29, 0.717) is 17.7 Å². The van der Waals surface area contributed by atoms with Gasteiger partial charge >= 0.3 is 0 Å². The smallest absolute Gasteiger partial charge is 0.136 e. The van der Waals surface area contributed by atoms with E-state index in [9.17, 15) is 4.79 Å². The summed E-state index contributed by atoms with van der Waals surface area (Å²) in [6, 6.07) is 13.4. The van der Waals surface area contributed by atoms with Crippen molar-refractivity contribution in [1.29, 1.82) is 5.26 Å². The summed E-state index contributed by atoms with van der Waals surface area (Å²) in [5.41, 5.74) is 4.43. The van der Waals surface area contributed by atoms with Gasteiger partial charge in [0.2, 0.25) is 0 Å². The number of hydrogen-bond donors (Lipinski definition) is 1. The quantitative estimate of drug-likeness (QED) is 0.543. The highest BCUT2D eigenvalue weighted by Crippen LogP contribution is 2.22. The molecule has 160 valence electrons. The summed E-state index contributed by atoms with van der Waals surface area (Å²) in [6.45, 7) is 7.36. The molecule has 0 aliphatic carbocycles. The van der Waals surface area contributed by atoms with Crippen LogP contribution in [0.1, 0.15) is 43.5 Å². The second-order valence-corrected chi connectivity index (χ2v) is 7.10. The van der Waals surface area contributed by atoms with Crippen molar-refractivity contribution < 1.29 is 9.53 Å². The summed E-state index contributed by atoms with van der Waals surface area (Å²) in [6.07, 6.45) is 7.81. The van der Waals surface area contributed by atoms with Crippen LogP contribution in [0.25, 0.3) is 17.3 Å². The lowest BCUT2D eigenvalue weighted by Gasteiger charge is -2.13. The Balaban J connectivity index is 0.000000231. The molecule has 0 aliphatic rings. The Morgan fingerprint density at radius 2 is 2.03 bits per heavy atom. The van der Waals surface area contributed by atoms with E-state index in [4.69, 9.17) is 10.00 Å². The van der Waals surface area contributed by atoms with E-state index < -0.39 is 0 Å². The van der Waals surface area contributed by atoms with Crippen LogP contribution in [0.5, 0.6) is 5.75 Å². The summed E-state index contributed by atoms with van der Waals surface area (Å²) in [7, 11) is 1.55. The third kappa shape index (κ3) is 6.93. The summed E-state index contributed by atoms with van der Waals surface area (Å²) in [5, 5.41) is 16.0. The van der Waals surface area contributed by atoms with Crippen LogP contribution in [-0.4, -0.2) is 28.1 Å². The van der Waals surface area contributed by atoms with Gasteiger partial charge in [-0.05, 0) is 61.7 Å². The molecule has 0 aliphatic heterocycles. The van der Waals surface area contributed by atoms with Gasteiger partial charge in [0.1, 0.15) is 17.6 Å². The van der Waals surface area contributed by atoms with Gasteiger partial charge < -0.3 is 4.74 Å². The van der Waals surface area contributed by atoms with Gasteiger partial charge in [0.05, 0.1) is 24.1 Å². The maximum Gasteiger partial charge on any atom is 0.136 e. The van der Waals surface area contributed by atoms with Gasteiger partial charge in [0.25, 0.3) is 0 Å². The molecule has 0 saturated carbocycles. The minimum Gasteiger partial charge on any atom is -0.495 e. The van der Waals surface area contributed by atoms with E-state index in [-0.39, 0.29) is 11.7 Å². The van der Waals surface area contributed by atoms with Crippen molar-refractivity contribution in [3.63, 3.8) is 0 Å². The van der Waals surface area contributed by atoms with Crippen molar-refractivity contribution in [2.24, 2.45) is 5.92 Å². The monoisotopic (exact) mass is 416 g/mol. The fourth-order valence-corrected chi connectivity index (χ4v) is 3.16. The standard InChI is InChI=1S/C15H19NO2.C10H9N3/c1-4-5-13(11(2)17)8-12-6-7-15(18-3)14(9-12)10-16;1-2-9-7-10(13-12-9)8-3-5-11-6-4-8/h6-7,9,13H,4-5,8H2,1-3H3;2-7H,1H2,(H,12,13). The molecule has 3 rings (SSSR count). The number of carbonyl (C=O) groups is 1. The number of nitriles is 1. The number of aromatic amines is 1. The topological polar surface area (TPSA) is 91.7 Å².